The summed E-state index contributed by atoms with van der Waals surface area (Å²) in [6.45, 7) is 0. The van der Waals surface area contributed by atoms with Crippen LogP contribution in [0.3, 0.4) is 0 Å². The van der Waals surface area contributed by atoms with Gasteiger partial charge in [-0.3, -0.25) is 4.79 Å². The van der Waals surface area contributed by atoms with Gasteiger partial charge >= 0.3 is 0 Å². The van der Waals surface area contributed by atoms with Crippen molar-refractivity contribution in [3.63, 3.8) is 0 Å². The maximum absolute atomic E-state index is 10.8. The van der Waals surface area contributed by atoms with Crippen LogP contribution in [0.25, 0.3) is 12.2 Å². The van der Waals surface area contributed by atoms with E-state index in [4.69, 9.17) is 0 Å². The lowest BCUT2D eigenvalue weighted by Crippen LogP contribution is -2.25. The van der Waals surface area contributed by atoms with E-state index < -0.39 is 0 Å². The van der Waals surface area contributed by atoms with E-state index in [9.17, 15) is 4.79 Å². The lowest BCUT2D eigenvalue weighted by atomic mass is 10.1. The molecule has 1 aromatic heterocycles. The maximum Gasteiger partial charge on any atom is 0.169 e. The highest BCUT2D eigenvalue weighted by atomic mass is 16.1. The van der Waals surface area contributed by atoms with Crippen LogP contribution in [-0.2, 0) is 7.05 Å². The van der Waals surface area contributed by atoms with Crippen molar-refractivity contribution in [1.82, 2.24) is 0 Å². The molecule has 0 spiro atoms. The van der Waals surface area contributed by atoms with Gasteiger partial charge in [-0.15, -0.1) is 0 Å². The Labute approximate surface area is 101 Å². The normalized spacial score (nSPS) is 10.6. The molecule has 2 nitrogen and oxygen atoms in total. The third-order valence-electron chi connectivity index (χ3n) is 2.58. The first-order valence-corrected chi connectivity index (χ1v) is 5.47. The van der Waals surface area contributed by atoms with Crippen LogP contribution in [0.1, 0.15) is 21.5 Å². The van der Waals surface area contributed by atoms with Gasteiger partial charge in [0.25, 0.3) is 0 Å². The van der Waals surface area contributed by atoms with E-state index in [0.717, 1.165) is 17.4 Å². The largest absolute Gasteiger partial charge is 0.298 e. The number of aromatic nitrogens is 1. The molecular weight excluding hydrogens is 210 g/mol. The summed E-state index contributed by atoms with van der Waals surface area (Å²) in [6.07, 6.45) is 8.82. The number of hydrogen-bond donors (Lipinski definition) is 0. The van der Waals surface area contributed by atoms with Crippen LogP contribution in [0.4, 0.5) is 0 Å². The molecule has 84 valence electrons. The van der Waals surface area contributed by atoms with Crippen molar-refractivity contribution < 1.29 is 9.36 Å². The van der Waals surface area contributed by atoms with E-state index in [-0.39, 0.29) is 0 Å². The summed E-state index contributed by atoms with van der Waals surface area (Å²) in [5, 5.41) is 0. The van der Waals surface area contributed by atoms with Crippen molar-refractivity contribution in [3.8, 4) is 0 Å². The SMILES string of the molecule is C[n+]1ccc(/C=C/c2ccccc2C=O)cc1. The van der Waals surface area contributed by atoms with Crippen molar-refractivity contribution in [1.29, 1.82) is 0 Å². The predicted octanol–water partition coefficient (Wildman–Crippen LogP) is 2.49. The fraction of sp³-hybridized carbons (Fsp3) is 0.0667. The Balaban J connectivity index is 2.25. The molecule has 0 saturated heterocycles. The van der Waals surface area contributed by atoms with Gasteiger partial charge in [0, 0.05) is 17.7 Å². The quantitative estimate of drug-likeness (QED) is 0.579. The number of aldehydes is 1. The first-order chi connectivity index (χ1) is 8.29. The van der Waals surface area contributed by atoms with Gasteiger partial charge in [-0.1, -0.05) is 36.4 Å². The number of nitrogens with zero attached hydrogens (tertiary/aromatic N) is 1. The van der Waals surface area contributed by atoms with E-state index in [2.05, 4.69) is 0 Å². The number of carbonyl (C=O) groups excluding carboxylic acids is 1. The van der Waals surface area contributed by atoms with Crippen LogP contribution in [0, 0.1) is 0 Å². The summed E-state index contributed by atoms with van der Waals surface area (Å²) in [4.78, 5) is 10.8. The standard InChI is InChI=1S/C15H14NO/c1-16-10-8-13(9-11-16)6-7-14-4-2-3-5-15(14)12-17/h2-12H,1H3/q+1/b7-6+. The molecule has 0 N–H and O–H groups in total. The average Bonchev–Trinajstić information content (AvgIpc) is 2.38. The predicted molar refractivity (Wildman–Crippen MR) is 68.4 cm³/mol. The summed E-state index contributed by atoms with van der Waals surface area (Å²) >= 11 is 0. The molecule has 0 amide bonds. The minimum absolute atomic E-state index is 0.713. The van der Waals surface area contributed by atoms with Crippen LogP contribution in [0.5, 0.6) is 0 Å². The third kappa shape index (κ3) is 2.88. The van der Waals surface area contributed by atoms with Crippen molar-refractivity contribution in [2.45, 2.75) is 0 Å². The van der Waals surface area contributed by atoms with Crippen molar-refractivity contribution in [2.75, 3.05) is 0 Å². The smallest absolute Gasteiger partial charge is 0.169 e. The minimum atomic E-state index is 0.713. The third-order valence-corrected chi connectivity index (χ3v) is 2.58. The fourth-order valence-corrected chi connectivity index (χ4v) is 1.58. The summed E-state index contributed by atoms with van der Waals surface area (Å²) < 4.78 is 1.98. The molecule has 0 saturated carbocycles. The monoisotopic (exact) mass is 224 g/mol. The van der Waals surface area contributed by atoms with Crippen molar-refractivity contribution in [2.24, 2.45) is 7.05 Å². The van der Waals surface area contributed by atoms with Gasteiger partial charge in [0.2, 0.25) is 0 Å². The second-order valence-corrected chi connectivity index (χ2v) is 3.88. The zero-order chi connectivity index (χ0) is 12.1. The number of pyridine rings is 1. The Kier molecular flexibility index (Phi) is 3.46. The molecule has 0 aliphatic heterocycles. The average molecular weight is 224 g/mol. The fourth-order valence-electron chi connectivity index (χ4n) is 1.58. The molecule has 2 aromatic rings. The topological polar surface area (TPSA) is 20.9 Å². The van der Waals surface area contributed by atoms with Gasteiger partial charge in [-0.05, 0) is 11.1 Å². The molecule has 0 radical (unpaired) electrons. The van der Waals surface area contributed by atoms with Crippen molar-refractivity contribution >= 4 is 18.4 Å². The first-order valence-electron chi connectivity index (χ1n) is 5.47. The molecule has 2 heteroatoms. The summed E-state index contributed by atoms with van der Waals surface area (Å²) in [5.74, 6) is 0. The van der Waals surface area contributed by atoms with Gasteiger partial charge < -0.3 is 0 Å². The van der Waals surface area contributed by atoms with Gasteiger partial charge in [0.1, 0.15) is 7.05 Å². The number of benzene rings is 1. The van der Waals surface area contributed by atoms with Gasteiger partial charge in [-0.2, -0.15) is 0 Å². The lowest BCUT2D eigenvalue weighted by molar-refractivity contribution is -0.671. The number of aryl methyl sites for hydroxylation is 1. The molecule has 1 heterocycles. The molecule has 1 aromatic carbocycles. The lowest BCUT2D eigenvalue weighted by Gasteiger charge is -1.97. The van der Waals surface area contributed by atoms with Crippen LogP contribution in [0.2, 0.25) is 0 Å². The number of carbonyl (C=O) groups is 1. The molecule has 2 rings (SSSR count). The molecule has 0 unspecified atom stereocenters. The van der Waals surface area contributed by atoms with Gasteiger partial charge in [0.05, 0.1) is 0 Å². The molecule has 0 atom stereocenters. The minimum Gasteiger partial charge on any atom is -0.298 e. The Morgan fingerprint density at radius 1 is 0.941 bits per heavy atom. The first kappa shape index (κ1) is 11.3. The van der Waals surface area contributed by atoms with Crippen LogP contribution < -0.4 is 4.57 Å². The van der Waals surface area contributed by atoms with E-state index in [1.165, 1.54) is 0 Å². The highest BCUT2D eigenvalue weighted by molar-refractivity contribution is 5.84. The Morgan fingerprint density at radius 2 is 1.59 bits per heavy atom. The van der Waals surface area contributed by atoms with Crippen molar-refractivity contribution in [3.05, 3.63) is 65.5 Å². The second-order valence-electron chi connectivity index (χ2n) is 3.88. The second kappa shape index (κ2) is 5.21. The van der Waals surface area contributed by atoms with Crippen LogP contribution >= 0.6 is 0 Å². The number of hydrogen-bond acceptors (Lipinski definition) is 1. The maximum atomic E-state index is 10.8. The molecule has 0 bridgehead atoms. The Morgan fingerprint density at radius 3 is 2.24 bits per heavy atom. The van der Waals surface area contributed by atoms with E-state index in [1.54, 1.807) is 0 Å². The zero-order valence-corrected chi connectivity index (χ0v) is 9.71. The molecule has 0 fully saturated rings. The molecule has 0 aliphatic rings. The van der Waals surface area contributed by atoms with Gasteiger partial charge in [-0.25, -0.2) is 4.57 Å². The van der Waals surface area contributed by atoms with Crippen LogP contribution in [-0.4, -0.2) is 6.29 Å². The zero-order valence-electron chi connectivity index (χ0n) is 9.71. The Hall–Kier alpha value is -2.22. The number of rotatable bonds is 3. The molecular formula is C15H14NO+. The summed E-state index contributed by atoms with van der Waals surface area (Å²) in [6, 6.07) is 11.6. The van der Waals surface area contributed by atoms with Crippen LogP contribution in [0.15, 0.2) is 48.8 Å². The Bertz CT molecular complexity index is 541. The van der Waals surface area contributed by atoms with E-state index >= 15 is 0 Å². The summed E-state index contributed by atoms with van der Waals surface area (Å²) in [7, 11) is 1.98. The van der Waals surface area contributed by atoms with E-state index in [0.29, 0.717) is 5.56 Å². The summed E-state index contributed by atoms with van der Waals surface area (Å²) in [5.41, 5.74) is 2.77. The highest BCUT2D eigenvalue weighted by Crippen LogP contribution is 2.10. The van der Waals surface area contributed by atoms with Gasteiger partial charge in [0.15, 0.2) is 18.7 Å². The molecule has 17 heavy (non-hydrogen) atoms. The molecule has 0 aliphatic carbocycles. The highest BCUT2D eigenvalue weighted by Gasteiger charge is 1.96. The van der Waals surface area contributed by atoms with E-state index in [1.807, 2.05) is 72.6 Å².